The molecule has 2 aromatic rings. The third kappa shape index (κ3) is 2.74. The number of hydrogen-bond donors (Lipinski definition) is 0. The van der Waals surface area contributed by atoms with Crippen molar-refractivity contribution < 1.29 is 21.1 Å². The van der Waals surface area contributed by atoms with Crippen LogP contribution in [0.1, 0.15) is 10.6 Å². The summed E-state index contributed by atoms with van der Waals surface area (Å²) < 4.78 is 0. The van der Waals surface area contributed by atoms with Crippen LogP contribution in [0.3, 0.4) is 0 Å². The fraction of sp³-hybridized carbons (Fsp3) is 0.0909. The monoisotopic (exact) mass is 384 g/mol. The Hall–Kier alpha value is -0.972. The summed E-state index contributed by atoms with van der Waals surface area (Å²) in [4.78, 5) is 6.59. The van der Waals surface area contributed by atoms with Crippen LogP contribution in [0.15, 0.2) is 30.3 Å². The van der Waals surface area contributed by atoms with Crippen molar-refractivity contribution in [1.82, 2.24) is 4.98 Å². The molecule has 0 amide bonds. The third-order valence-electron chi connectivity index (χ3n) is 1.86. The van der Waals surface area contributed by atoms with E-state index in [1.165, 1.54) is 4.88 Å². The van der Waals surface area contributed by atoms with E-state index in [1.54, 1.807) is 17.4 Å². The normalized spacial score (nSPS) is 9.07. The van der Waals surface area contributed by atoms with Crippen LogP contribution in [0.25, 0.3) is 10.6 Å². The van der Waals surface area contributed by atoms with Gasteiger partial charge >= 0.3 is 0 Å². The van der Waals surface area contributed by atoms with Gasteiger partial charge in [-0.25, -0.2) is 4.98 Å². The van der Waals surface area contributed by atoms with Crippen molar-refractivity contribution in [2.45, 2.75) is 6.92 Å². The number of pyridine rings is 1. The summed E-state index contributed by atoms with van der Waals surface area (Å²) in [7, 11) is 0. The van der Waals surface area contributed by atoms with Gasteiger partial charge in [0.05, 0.1) is 10.6 Å². The molecule has 0 N–H and O–H groups in total. The number of nitrogens with zero attached hydrogens (tertiary/aromatic N) is 2. The molecule has 0 atom stereocenters. The molecule has 0 unspecified atom stereocenters. The van der Waals surface area contributed by atoms with Gasteiger partial charge in [0, 0.05) is 25.9 Å². The molecule has 0 aliphatic rings. The van der Waals surface area contributed by atoms with Crippen LogP contribution in [0.5, 0.6) is 0 Å². The largest absolute Gasteiger partial charge is 0.236 e. The van der Waals surface area contributed by atoms with Crippen LogP contribution >= 0.6 is 11.3 Å². The summed E-state index contributed by atoms with van der Waals surface area (Å²) in [6.45, 7) is 2.06. The van der Waals surface area contributed by atoms with Crippen molar-refractivity contribution in [2.24, 2.45) is 0 Å². The molecule has 0 saturated carbocycles. The standard InChI is InChI=1S/C11H8N2S.W/c1-8-5-6-11(14-8)10-4-2-3-9(7-12)13-10;/h2-6H,1H3;. The Morgan fingerprint density at radius 3 is 2.67 bits per heavy atom. The number of hydrogen-bond acceptors (Lipinski definition) is 3. The van der Waals surface area contributed by atoms with E-state index in [4.69, 9.17) is 5.26 Å². The Labute approximate surface area is 107 Å². The summed E-state index contributed by atoms with van der Waals surface area (Å²) in [5, 5.41) is 8.71. The molecule has 15 heavy (non-hydrogen) atoms. The molecule has 74 valence electrons. The van der Waals surface area contributed by atoms with Gasteiger partial charge in [-0.15, -0.1) is 11.3 Å². The number of rotatable bonds is 1. The van der Waals surface area contributed by atoms with Gasteiger partial charge in [-0.05, 0) is 31.2 Å². The number of thiophene rings is 1. The van der Waals surface area contributed by atoms with Crippen LogP contribution in [0.2, 0.25) is 0 Å². The van der Waals surface area contributed by atoms with Crippen molar-refractivity contribution >= 4 is 11.3 Å². The summed E-state index contributed by atoms with van der Waals surface area (Å²) in [6.07, 6.45) is 0. The Kier molecular flexibility index (Phi) is 4.20. The second-order valence-corrected chi connectivity index (χ2v) is 4.22. The minimum Gasteiger partial charge on any atom is -0.236 e. The predicted octanol–water partition coefficient (Wildman–Crippen LogP) is 2.99. The molecule has 0 aromatic carbocycles. The zero-order valence-electron chi connectivity index (χ0n) is 8.10. The van der Waals surface area contributed by atoms with Gasteiger partial charge in [0.25, 0.3) is 0 Å². The molecule has 0 radical (unpaired) electrons. The summed E-state index contributed by atoms with van der Waals surface area (Å²) >= 11 is 1.69. The maximum absolute atomic E-state index is 8.71. The first-order chi connectivity index (χ1) is 6.79. The Bertz CT molecular complexity index is 499. The minimum atomic E-state index is 0. The van der Waals surface area contributed by atoms with Crippen molar-refractivity contribution in [3.8, 4) is 16.6 Å². The molecule has 2 aromatic heterocycles. The molecule has 0 aliphatic heterocycles. The first-order valence-corrected chi connectivity index (χ1v) is 5.05. The zero-order chi connectivity index (χ0) is 9.97. The van der Waals surface area contributed by atoms with Crippen molar-refractivity contribution in [3.63, 3.8) is 0 Å². The molecule has 0 spiro atoms. The molecule has 0 fully saturated rings. The van der Waals surface area contributed by atoms with E-state index >= 15 is 0 Å². The molecule has 0 saturated heterocycles. The maximum Gasteiger partial charge on any atom is 0.141 e. The Morgan fingerprint density at radius 2 is 2.07 bits per heavy atom. The maximum atomic E-state index is 8.71. The second kappa shape index (κ2) is 5.21. The number of aryl methyl sites for hydroxylation is 1. The first-order valence-electron chi connectivity index (χ1n) is 4.23. The molecule has 0 bridgehead atoms. The second-order valence-electron chi connectivity index (χ2n) is 2.93. The first kappa shape index (κ1) is 12.1. The molecule has 4 heteroatoms. The molecule has 2 nitrogen and oxygen atoms in total. The quantitative estimate of drug-likeness (QED) is 0.758. The van der Waals surface area contributed by atoms with E-state index in [9.17, 15) is 0 Å². The van der Waals surface area contributed by atoms with E-state index in [-0.39, 0.29) is 21.1 Å². The summed E-state index contributed by atoms with van der Waals surface area (Å²) in [5.74, 6) is 0. The van der Waals surface area contributed by atoms with Gasteiger partial charge in [0.1, 0.15) is 11.8 Å². The Balaban J connectivity index is 0.00000112. The van der Waals surface area contributed by atoms with E-state index in [0.29, 0.717) is 5.69 Å². The van der Waals surface area contributed by atoms with Crippen molar-refractivity contribution in [2.75, 3.05) is 0 Å². The molecule has 2 rings (SSSR count). The minimum absolute atomic E-state index is 0. The van der Waals surface area contributed by atoms with Crippen LogP contribution in [0, 0.1) is 18.3 Å². The molecule has 2 heterocycles. The van der Waals surface area contributed by atoms with Crippen LogP contribution in [0.4, 0.5) is 0 Å². The zero-order valence-corrected chi connectivity index (χ0v) is 11.8. The van der Waals surface area contributed by atoms with E-state index in [2.05, 4.69) is 18.0 Å². The van der Waals surface area contributed by atoms with Gasteiger partial charge in [0.15, 0.2) is 0 Å². The average Bonchev–Trinajstić information content (AvgIpc) is 2.65. The number of aromatic nitrogens is 1. The van der Waals surface area contributed by atoms with E-state index < -0.39 is 0 Å². The van der Waals surface area contributed by atoms with Gasteiger partial charge in [-0.3, -0.25) is 0 Å². The van der Waals surface area contributed by atoms with Gasteiger partial charge in [-0.2, -0.15) is 5.26 Å². The van der Waals surface area contributed by atoms with Crippen LogP contribution in [-0.2, 0) is 21.1 Å². The molecule has 0 aliphatic carbocycles. The summed E-state index contributed by atoms with van der Waals surface area (Å²) in [6, 6.07) is 11.6. The van der Waals surface area contributed by atoms with Crippen molar-refractivity contribution in [1.29, 1.82) is 5.26 Å². The fourth-order valence-corrected chi connectivity index (χ4v) is 2.04. The van der Waals surface area contributed by atoms with Crippen molar-refractivity contribution in [3.05, 3.63) is 40.9 Å². The van der Waals surface area contributed by atoms with Crippen LogP contribution < -0.4 is 0 Å². The predicted molar refractivity (Wildman–Crippen MR) is 57.0 cm³/mol. The number of nitriles is 1. The summed E-state index contributed by atoms with van der Waals surface area (Å²) in [5.41, 5.74) is 1.34. The molecular weight excluding hydrogens is 376 g/mol. The van der Waals surface area contributed by atoms with Gasteiger partial charge < -0.3 is 0 Å². The topological polar surface area (TPSA) is 36.7 Å². The molecular formula is C11H8N2SW. The smallest absolute Gasteiger partial charge is 0.141 e. The SMILES string of the molecule is Cc1ccc(-c2cccc(C#N)n2)s1.[W]. The van der Waals surface area contributed by atoms with E-state index in [0.717, 1.165) is 10.6 Å². The fourth-order valence-electron chi connectivity index (χ4n) is 1.21. The van der Waals surface area contributed by atoms with Gasteiger partial charge in [-0.1, -0.05) is 6.07 Å². The average molecular weight is 384 g/mol. The Morgan fingerprint density at radius 1 is 1.27 bits per heavy atom. The van der Waals surface area contributed by atoms with E-state index in [1.807, 2.05) is 24.3 Å². The van der Waals surface area contributed by atoms with Gasteiger partial charge in [0.2, 0.25) is 0 Å². The van der Waals surface area contributed by atoms with Crippen LogP contribution in [-0.4, -0.2) is 4.98 Å². The third-order valence-corrected chi connectivity index (χ3v) is 2.88.